The molecule has 3 aromatic rings. The number of ether oxygens (including phenoxy) is 1. The van der Waals surface area contributed by atoms with E-state index in [2.05, 4.69) is 4.98 Å². The van der Waals surface area contributed by atoms with Gasteiger partial charge in [-0.25, -0.2) is 4.79 Å². The lowest BCUT2D eigenvalue weighted by Gasteiger charge is -2.13. The smallest absolute Gasteiger partial charge is 0.405 e. The van der Waals surface area contributed by atoms with Crippen LogP contribution < -0.4 is 5.73 Å². The maximum Gasteiger partial charge on any atom is 0.405 e. The number of nitrogens with two attached hydrogens (primary N) is 1. The van der Waals surface area contributed by atoms with Gasteiger partial charge in [-0.1, -0.05) is 35.9 Å². The number of nitrogens with zero attached hydrogens (tertiary/aromatic N) is 1. The lowest BCUT2D eigenvalue weighted by atomic mass is 9.97. The second kappa shape index (κ2) is 6.91. The summed E-state index contributed by atoms with van der Waals surface area (Å²) in [5, 5.41) is 1.98. The van der Waals surface area contributed by atoms with Crippen molar-refractivity contribution < 1.29 is 14.3 Å². The molecule has 1 aromatic heterocycles. The number of carbonyl (C=O) groups is 2. The molecule has 0 spiro atoms. The predicted molar refractivity (Wildman–Crippen MR) is 95.7 cm³/mol. The van der Waals surface area contributed by atoms with Gasteiger partial charge >= 0.3 is 6.09 Å². The summed E-state index contributed by atoms with van der Waals surface area (Å²) >= 11 is 6.30. The third-order valence-corrected chi connectivity index (χ3v) is 4.24. The quantitative estimate of drug-likeness (QED) is 0.709. The molecule has 0 aliphatic heterocycles. The van der Waals surface area contributed by atoms with Crippen molar-refractivity contribution in [2.24, 2.45) is 5.73 Å². The van der Waals surface area contributed by atoms with E-state index >= 15 is 0 Å². The van der Waals surface area contributed by atoms with E-state index in [0.29, 0.717) is 16.7 Å². The molecule has 126 valence electrons. The van der Waals surface area contributed by atoms with Gasteiger partial charge in [0.05, 0.1) is 5.02 Å². The maximum absolute atomic E-state index is 12.9. The van der Waals surface area contributed by atoms with E-state index in [4.69, 9.17) is 22.1 Å². The Balaban J connectivity index is 1.98. The zero-order valence-electron chi connectivity index (χ0n) is 13.4. The average molecular weight is 355 g/mol. The zero-order valence-corrected chi connectivity index (χ0v) is 14.2. The van der Waals surface area contributed by atoms with Crippen LogP contribution in [0.15, 0.2) is 54.9 Å². The van der Waals surface area contributed by atoms with E-state index in [9.17, 15) is 9.59 Å². The summed E-state index contributed by atoms with van der Waals surface area (Å²) < 4.78 is 4.92. The minimum atomic E-state index is -0.867. The van der Waals surface area contributed by atoms with Gasteiger partial charge < -0.3 is 10.5 Å². The van der Waals surface area contributed by atoms with Gasteiger partial charge in [-0.2, -0.15) is 0 Å². The summed E-state index contributed by atoms with van der Waals surface area (Å²) in [4.78, 5) is 27.9. The fraction of sp³-hybridized carbons (Fsp3) is 0.105. The van der Waals surface area contributed by atoms with Crippen LogP contribution in [0.1, 0.15) is 34.5 Å². The number of amides is 1. The molecule has 0 aliphatic rings. The first-order chi connectivity index (χ1) is 12.0. The van der Waals surface area contributed by atoms with Crippen molar-refractivity contribution in [2.45, 2.75) is 13.0 Å². The van der Waals surface area contributed by atoms with E-state index < -0.39 is 12.2 Å². The van der Waals surface area contributed by atoms with Crippen LogP contribution in [0.25, 0.3) is 10.8 Å². The van der Waals surface area contributed by atoms with Gasteiger partial charge in [-0.3, -0.25) is 9.78 Å². The Kier molecular flexibility index (Phi) is 4.67. The summed E-state index contributed by atoms with van der Waals surface area (Å²) in [5.41, 5.74) is 6.61. The molecule has 1 unspecified atom stereocenters. The molecule has 1 atom stereocenters. The topological polar surface area (TPSA) is 82.3 Å². The van der Waals surface area contributed by atoms with Crippen LogP contribution in [0.4, 0.5) is 4.79 Å². The minimum Gasteiger partial charge on any atom is -0.442 e. The number of benzene rings is 2. The second-order valence-corrected chi connectivity index (χ2v) is 5.96. The number of ketones is 1. The lowest BCUT2D eigenvalue weighted by molar-refractivity contribution is 0.103. The van der Waals surface area contributed by atoms with Crippen molar-refractivity contribution in [2.75, 3.05) is 0 Å². The molecule has 0 saturated carbocycles. The lowest BCUT2D eigenvalue weighted by Crippen LogP contribution is -2.15. The van der Waals surface area contributed by atoms with Crippen LogP contribution in [-0.2, 0) is 4.74 Å². The molecule has 5 nitrogen and oxygen atoms in total. The summed E-state index contributed by atoms with van der Waals surface area (Å²) in [5.74, 6) is -0.183. The Labute approximate surface area is 149 Å². The molecule has 25 heavy (non-hydrogen) atoms. The Bertz CT molecular complexity index is 967. The van der Waals surface area contributed by atoms with Crippen molar-refractivity contribution in [1.82, 2.24) is 4.98 Å². The van der Waals surface area contributed by atoms with Crippen molar-refractivity contribution >= 4 is 34.2 Å². The standard InChI is InChI=1S/C19H15ClN2O3/c1-11(25-19(21)24)12-5-6-16(17(20)9-12)18(23)15-4-2-3-13-10-22-8-7-14(13)15/h2-11H,1H3,(H2,21,24). The van der Waals surface area contributed by atoms with E-state index in [1.54, 1.807) is 49.6 Å². The molecule has 0 bridgehead atoms. The molecule has 2 aromatic carbocycles. The fourth-order valence-electron chi connectivity index (χ4n) is 2.68. The third kappa shape index (κ3) is 3.46. The van der Waals surface area contributed by atoms with Crippen molar-refractivity contribution in [3.63, 3.8) is 0 Å². The van der Waals surface area contributed by atoms with Gasteiger partial charge in [0.2, 0.25) is 0 Å². The largest absolute Gasteiger partial charge is 0.442 e. The second-order valence-electron chi connectivity index (χ2n) is 5.55. The monoisotopic (exact) mass is 354 g/mol. The molecular formula is C19H15ClN2O3. The number of aromatic nitrogens is 1. The number of rotatable bonds is 4. The van der Waals surface area contributed by atoms with Crippen molar-refractivity contribution in [3.8, 4) is 0 Å². The Hall–Kier alpha value is -2.92. The number of primary amides is 1. The Morgan fingerprint density at radius 3 is 2.68 bits per heavy atom. The van der Waals surface area contributed by atoms with Gasteiger partial charge in [-0.15, -0.1) is 0 Å². The number of hydrogen-bond acceptors (Lipinski definition) is 4. The molecular weight excluding hydrogens is 340 g/mol. The summed E-state index contributed by atoms with van der Waals surface area (Å²) in [7, 11) is 0. The summed E-state index contributed by atoms with van der Waals surface area (Å²) in [6.45, 7) is 1.68. The third-order valence-electron chi connectivity index (χ3n) is 3.93. The van der Waals surface area contributed by atoms with Crippen molar-refractivity contribution in [3.05, 3.63) is 76.6 Å². The van der Waals surface area contributed by atoms with Gasteiger partial charge in [0.25, 0.3) is 0 Å². The number of hydrogen-bond donors (Lipinski definition) is 1. The van der Waals surface area contributed by atoms with Crippen LogP contribution in [0.2, 0.25) is 5.02 Å². The highest BCUT2D eigenvalue weighted by Crippen LogP contribution is 2.28. The van der Waals surface area contributed by atoms with E-state index in [1.807, 2.05) is 12.1 Å². The molecule has 0 saturated heterocycles. The van der Waals surface area contributed by atoms with E-state index in [-0.39, 0.29) is 10.8 Å². The Morgan fingerprint density at radius 1 is 1.16 bits per heavy atom. The molecule has 6 heteroatoms. The molecule has 0 radical (unpaired) electrons. The van der Waals surface area contributed by atoms with E-state index in [1.165, 1.54) is 0 Å². The predicted octanol–water partition coefficient (Wildman–Crippen LogP) is 4.28. The molecule has 1 amide bonds. The average Bonchev–Trinajstić information content (AvgIpc) is 2.60. The number of fused-ring (bicyclic) bond motifs is 1. The molecule has 0 fully saturated rings. The Morgan fingerprint density at radius 2 is 1.96 bits per heavy atom. The number of carbonyl (C=O) groups excluding carboxylic acids is 2. The van der Waals surface area contributed by atoms with Gasteiger partial charge in [-0.05, 0) is 36.1 Å². The molecule has 2 N–H and O–H groups in total. The first-order valence-electron chi connectivity index (χ1n) is 7.60. The minimum absolute atomic E-state index is 0.183. The van der Waals surface area contributed by atoms with Crippen LogP contribution >= 0.6 is 11.6 Å². The highest BCUT2D eigenvalue weighted by molar-refractivity contribution is 6.35. The zero-order chi connectivity index (χ0) is 18.0. The summed E-state index contributed by atoms with van der Waals surface area (Å²) in [6.07, 6.45) is 1.93. The number of halogens is 1. The van der Waals surface area contributed by atoms with Crippen LogP contribution in [0, 0.1) is 0 Å². The summed E-state index contributed by atoms with van der Waals surface area (Å²) in [6, 6.07) is 12.2. The normalized spacial score (nSPS) is 11.9. The highest BCUT2D eigenvalue weighted by Gasteiger charge is 2.18. The van der Waals surface area contributed by atoms with Crippen LogP contribution in [0.5, 0.6) is 0 Å². The maximum atomic E-state index is 12.9. The van der Waals surface area contributed by atoms with E-state index in [0.717, 1.165) is 10.8 Å². The van der Waals surface area contributed by atoms with Crippen LogP contribution in [0.3, 0.4) is 0 Å². The molecule has 0 aliphatic carbocycles. The molecule has 1 heterocycles. The van der Waals surface area contributed by atoms with Crippen LogP contribution in [-0.4, -0.2) is 16.9 Å². The fourth-order valence-corrected chi connectivity index (χ4v) is 2.95. The van der Waals surface area contributed by atoms with Gasteiger partial charge in [0.15, 0.2) is 5.78 Å². The molecule has 3 rings (SSSR count). The first kappa shape index (κ1) is 16.9. The van der Waals surface area contributed by atoms with Gasteiger partial charge in [0, 0.05) is 28.9 Å². The SMILES string of the molecule is CC(OC(N)=O)c1ccc(C(=O)c2cccc3cnccc23)c(Cl)c1. The van der Waals surface area contributed by atoms with Crippen molar-refractivity contribution in [1.29, 1.82) is 0 Å². The first-order valence-corrected chi connectivity index (χ1v) is 7.98. The highest BCUT2D eigenvalue weighted by atomic mass is 35.5. The number of pyridine rings is 1. The van der Waals surface area contributed by atoms with Gasteiger partial charge in [0.1, 0.15) is 6.10 Å².